The minimum atomic E-state index is 0.0678. The molecule has 0 bridgehead atoms. The molecule has 8 heteroatoms. The number of benzene rings is 2. The van der Waals surface area contributed by atoms with E-state index >= 15 is 0 Å². The Bertz CT molecular complexity index is 1080. The van der Waals surface area contributed by atoms with E-state index in [2.05, 4.69) is 38.2 Å². The topological polar surface area (TPSA) is 92.6 Å². The third kappa shape index (κ3) is 5.66. The average Bonchev–Trinajstić information content (AvgIpc) is 3.32. The number of carbonyl (C=O) groups excluding carboxylic acids is 1. The van der Waals surface area contributed by atoms with Gasteiger partial charge in [-0.2, -0.15) is 5.10 Å². The summed E-state index contributed by atoms with van der Waals surface area (Å²) < 4.78 is 7.78. The van der Waals surface area contributed by atoms with Crippen LogP contribution < -0.4 is 20.7 Å². The van der Waals surface area contributed by atoms with E-state index in [1.165, 1.54) is 11.1 Å². The number of aryl methyl sites for hydroxylation is 1. The monoisotopic (exact) mass is 432 g/mol. The van der Waals surface area contributed by atoms with Crippen LogP contribution >= 0.6 is 0 Å². The van der Waals surface area contributed by atoms with Gasteiger partial charge in [0.15, 0.2) is 5.96 Å². The largest absolute Gasteiger partial charge is 0.492 e. The summed E-state index contributed by atoms with van der Waals surface area (Å²) in [7, 11) is 1.75. The summed E-state index contributed by atoms with van der Waals surface area (Å²) in [5.74, 6) is 1.59. The highest BCUT2D eigenvalue weighted by Gasteiger charge is 2.15. The molecule has 2 aromatic carbocycles. The molecule has 1 aromatic heterocycles. The number of hydrogen-bond donors (Lipinski definition) is 3. The molecule has 0 radical (unpaired) electrons. The van der Waals surface area contributed by atoms with E-state index in [1.807, 2.05) is 47.3 Å². The lowest BCUT2D eigenvalue weighted by Crippen LogP contribution is -2.39. The maximum Gasteiger partial charge on any atom is 0.224 e. The zero-order chi connectivity index (χ0) is 22.2. The molecule has 166 valence electrons. The van der Waals surface area contributed by atoms with Crippen LogP contribution in [0.25, 0.3) is 0 Å². The number of aliphatic imine (C=N–C) groups is 1. The number of guanidine groups is 1. The van der Waals surface area contributed by atoms with Gasteiger partial charge in [0.05, 0.1) is 13.1 Å². The maximum atomic E-state index is 11.5. The highest BCUT2D eigenvalue weighted by Crippen LogP contribution is 2.26. The number of carbonyl (C=O) groups is 1. The number of rotatable bonds is 8. The van der Waals surface area contributed by atoms with Crippen LogP contribution in [0.1, 0.15) is 23.1 Å². The Morgan fingerprint density at radius 2 is 2.03 bits per heavy atom. The number of anilines is 1. The number of aromatic nitrogens is 2. The van der Waals surface area contributed by atoms with Crippen molar-refractivity contribution in [2.45, 2.75) is 25.9 Å². The Labute approximate surface area is 187 Å². The number of nitrogens with one attached hydrogen (secondary N) is 3. The van der Waals surface area contributed by atoms with Crippen molar-refractivity contribution in [3.8, 4) is 5.75 Å². The van der Waals surface area contributed by atoms with Crippen molar-refractivity contribution in [1.29, 1.82) is 0 Å². The summed E-state index contributed by atoms with van der Waals surface area (Å²) in [6.45, 7) is 2.51. The van der Waals surface area contributed by atoms with Gasteiger partial charge in [0.25, 0.3) is 0 Å². The molecule has 0 spiro atoms. The van der Waals surface area contributed by atoms with Gasteiger partial charge in [-0.15, -0.1) is 0 Å². The smallest absolute Gasteiger partial charge is 0.224 e. The molecule has 1 aliphatic heterocycles. The molecular formula is C24H28N6O2. The predicted molar refractivity (Wildman–Crippen MR) is 125 cm³/mol. The van der Waals surface area contributed by atoms with Crippen molar-refractivity contribution in [2.75, 3.05) is 25.5 Å². The van der Waals surface area contributed by atoms with Crippen LogP contribution in [-0.2, 0) is 24.3 Å². The van der Waals surface area contributed by atoms with Crippen LogP contribution in [0.2, 0.25) is 0 Å². The lowest BCUT2D eigenvalue weighted by molar-refractivity contribution is -0.116. The lowest BCUT2D eigenvalue weighted by atomic mass is 10.0. The van der Waals surface area contributed by atoms with Crippen LogP contribution in [0.3, 0.4) is 0 Å². The summed E-state index contributed by atoms with van der Waals surface area (Å²) >= 11 is 0. The molecule has 3 N–H and O–H groups in total. The van der Waals surface area contributed by atoms with Crippen molar-refractivity contribution >= 4 is 17.6 Å². The van der Waals surface area contributed by atoms with Gasteiger partial charge < -0.3 is 20.7 Å². The zero-order valence-electron chi connectivity index (χ0n) is 18.2. The van der Waals surface area contributed by atoms with E-state index in [9.17, 15) is 4.79 Å². The second kappa shape index (κ2) is 10.5. The third-order valence-electron chi connectivity index (χ3n) is 5.32. The number of nitrogens with zero attached hydrogens (tertiary/aromatic N) is 3. The van der Waals surface area contributed by atoms with E-state index in [4.69, 9.17) is 4.74 Å². The number of ether oxygens (including phenoxy) is 1. The van der Waals surface area contributed by atoms with Gasteiger partial charge in [0.1, 0.15) is 12.4 Å². The van der Waals surface area contributed by atoms with Crippen molar-refractivity contribution in [2.24, 2.45) is 4.99 Å². The van der Waals surface area contributed by atoms with E-state index in [0.29, 0.717) is 26.1 Å². The summed E-state index contributed by atoms with van der Waals surface area (Å²) in [5.41, 5.74) is 4.40. The van der Waals surface area contributed by atoms with Crippen molar-refractivity contribution < 1.29 is 9.53 Å². The van der Waals surface area contributed by atoms with Gasteiger partial charge >= 0.3 is 0 Å². The summed E-state index contributed by atoms with van der Waals surface area (Å²) in [6, 6.07) is 16.0. The van der Waals surface area contributed by atoms with Gasteiger partial charge in [-0.25, -0.2) is 0 Å². The minimum absolute atomic E-state index is 0.0678. The third-order valence-corrected chi connectivity index (χ3v) is 5.32. The average molecular weight is 433 g/mol. The Morgan fingerprint density at radius 3 is 2.84 bits per heavy atom. The number of fused-ring (bicyclic) bond motifs is 1. The van der Waals surface area contributed by atoms with Gasteiger partial charge in [0.2, 0.25) is 5.91 Å². The lowest BCUT2D eigenvalue weighted by Gasteiger charge is -2.18. The second-order valence-corrected chi connectivity index (χ2v) is 7.54. The first kappa shape index (κ1) is 21.4. The molecule has 2 heterocycles. The first-order valence-corrected chi connectivity index (χ1v) is 10.8. The van der Waals surface area contributed by atoms with Gasteiger partial charge in [-0.1, -0.05) is 24.3 Å². The Hall–Kier alpha value is -3.81. The molecule has 0 aliphatic carbocycles. The molecule has 0 saturated carbocycles. The fourth-order valence-electron chi connectivity index (χ4n) is 3.64. The standard InChI is InChI=1S/C24H28N6O2/c1-25-24(27-16-19-5-2-3-6-20(19)17-30-13-4-11-28-30)26-12-14-32-21-8-9-22-18(15-21)7-10-23(31)29-22/h2-6,8-9,11,13,15H,7,10,12,14,16-17H2,1H3,(H,29,31)(H2,25,26,27). The van der Waals surface area contributed by atoms with Crippen LogP contribution in [-0.4, -0.2) is 41.8 Å². The van der Waals surface area contributed by atoms with Crippen LogP contribution in [0.5, 0.6) is 5.75 Å². The quantitative estimate of drug-likeness (QED) is 0.289. The Kier molecular flexibility index (Phi) is 7.01. The fraction of sp³-hybridized carbons (Fsp3) is 0.292. The van der Waals surface area contributed by atoms with Crippen LogP contribution in [0.15, 0.2) is 65.9 Å². The SMILES string of the molecule is CN=C(NCCOc1ccc2c(c1)CCC(=O)N2)NCc1ccccc1Cn1cccn1. The molecule has 1 aliphatic rings. The molecule has 0 unspecified atom stereocenters. The number of amides is 1. The molecule has 1 amide bonds. The first-order valence-electron chi connectivity index (χ1n) is 10.8. The predicted octanol–water partition coefficient (Wildman–Crippen LogP) is 2.56. The van der Waals surface area contributed by atoms with Gasteiger partial charge in [-0.05, 0) is 47.4 Å². The van der Waals surface area contributed by atoms with Crippen molar-refractivity contribution in [1.82, 2.24) is 20.4 Å². The molecule has 32 heavy (non-hydrogen) atoms. The van der Waals surface area contributed by atoms with Gasteiger partial charge in [0, 0.05) is 38.1 Å². The summed E-state index contributed by atoms with van der Waals surface area (Å²) in [5, 5.41) is 13.8. The first-order chi connectivity index (χ1) is 15.7. The van der Waals surface area contributed by atoms with Crippen molar-refractivity contribution in [3.63, 3.8) is 0 Å². The molecule has 0 fully saturated rings. The zero-order valence-corrected chi connectivity index (χ0v) is 18.2. The highest BCUT2D eigenvalue weighted by atomic mass is 16.5. The number of hydrogen-bond acceptors (Lipinski definition) is 4. The Morgan fingerprint density at radius 1 is 1.16 bits per heavy atom. The van der Waals surface area contributed by atoms with E-state index in [-0.39, 0.29) is 5.91 Å². The van der Waals surface area contributed by atoms with Crippen LogP contribution in [0, 0.1) is 0 Å². The summed E-state index contributed by atoms with van der Waals surface area (Å²) in [4.78, 5) is 15.8. The molecule has 0 atom stereocenters. The molecule has 4 rings (SSSR count). The van der Waals surface area contributed by atoms with E-state index in [0.717, 1.165) is 35.9 Å². The van der Waals surface area contributed by atoms with Gasteiger partial charge in [-0.3, -0.25) is 14.5 Å². The van der Waals surface area contributed by atoms with Crippen molar-refractivity contribution in [3.05, 3.63) is 77.6 Å². The fourth-order valence-corrected chi connectivity index (χ4v) is 3.64. The molecule has 0 saturated heterocycles. The normalized spacial score (nSPS) is 13.3. The highest BCUT2D eigenvalue weighted by molar-refractivity contribution is 5.94. The van der Waals surface area contributed by atoms with E-state index < -0.39 is 0 Å². The molecular weight excluding hydrogens is 404 g/mol. The van der Waals surface area contributed by atoms with E-state index in [1.54, 1.807) is 13.2 Å². The second-order valence-electron chi connectivity index (χ2n) is 7.54. The maximum absolute atomic E-state index is 11.5. The molecule has 3 aromatic rings. The Balaban J connectivity index is 1.23. The summed E-state index contributed by atoms with van der Waals surface area (Å²) in [6.07, 6.45) is 5.01. The minimum Gasteiger partial charge on any atom is -0.492 e. The molecule has 8 nitrogen and oxygen atoms in total. The van der Waals surface area contributed by atoms with Crippen LogP contribution in [0.4, 0.5) is 5.69 Å².